The van der Waals surface area contributed by atoms with Crippen LogP contribution < -0.4 is 19.5 Å². The van der Waals surface area contributed by atoms with Crippen molar-refractivity contribution in [2.75, 3.05) is 19.8 Å². The number of carbonyl (C=O) groups is 1. The van der Waals surface area contributed by atoms with Gasteiger partial charge in [0.15, 0.2) is 11.5 Å². The molecular weight excluding hydrogens is 368 g/mol. The van der Waals surface area contributed by atoms with Crippen LogP contribution >= 0.6 is 0 Å². The summed E-state index contributed by atoms with van der Waals surface area (Å²) in [7, 11) is -3.69. The molecule has 2 N–H and O–H groups in total. The highest BCUT2D eigenvalue weighted by Crippen LogP contribution is 2.33. The number of benzene rings is 2. The fourth-order valence-corrected chi connectivity index (χ4v) is 3.49. The summed E-state index contributed by atoms with van der Waals surface area (Å²) in [6.07, 6.45) is 5.05. The Balaban J connectivity index is 1.66. The SMILES string of the molecule is C#CCNS(=O)(=O)c1ccc(C(=O)NCc2cccc3c2OCCO3)cc1. The highest BCUT2D eigenvalue weighted by molar-refractivity contribution is 7.89. The fraction of sp³-hybridized carbons (Fsp3) is 0.211. The monoisotopic (exact) mass is 386 g/mol. The van der Waals surface area contributed by atoms with Gasteiger partial charge in [0.25, 0.3) is 5.91 Å². The molecule has 27 heavy (non-hydrogen) atoms. The van der Waals surface area contributed by atoms with E-state index in [0.717, 1.165) is 5.56 Å². The summed E-state index contributed by atoms with van der Waals surface area (Å²) in [6, 6.07) is 11.1. The summed E-state index contributed by atoms with van der Waals surface area (Å²) < 4.78 is 37.4. The van der Waals surface area contributed by atoms with Crippen LogP contribution in [0.3, 0.4) is 0 Å². The molecule has 0 atom stereocenters. The van der Waals surface area contributed by atoms with Crippen molar-refractivity contribution < 1.29 is 22.7 Å². The molecule has 3 rings (SSSR count). The van der Waals surface area contributed by atoms with Gasteiger partial charge in [0, 0.05) is 17.7 Å². The predicted octanol–water partition coefficient (Wildman–Crippen LogP) is 1.30. The summed E-state index contributed by atoms with van der Waals surface area (Å²) in [4.78, 5) is 12.4. The second-order valence-corrected chi connectivity index (χ2v) is 7.44. The van der Waals surface area contributed by atoms with Gasteiger partial charge in [-0.3, -0.25) is 4.79 Å². The molecule has 1 aliphatic rings. The lowest BCUT2D eigenvalue weighted by atomic mass is 10.1. The van der Waals surface area contributed by atoms with Gasteiger partial charge in [0.05, 0.1) is 11.4 Å². The first-order chi connectivity index (χ1) is 13.0. The molecule has 0 unspecified atom stereocenters. The van der Waals surface area contributed by atoms with Gasteiger partial charge in [-0.1, -0.05) is 18.1 Å². The van der Waals surface area contributed by atoms with Crippen LogP contribution in [0.15, 0.2) is 47.4 Å². The molecule has 0 aliphatic carbocycles. The average Bonchev–Trinajstić information content (AvgIpc) is 2.70. The number of sulfonamides is 1. The van der Waals surface area contributed by atoms with Gasteiger partial charge in [0.1, 0.15) is 13.2 Å². The number of hydrogen-bond acceptors (Lipinski definition) is 5. The van der Waals surface area contributed by atoms with Gasteiger partial charge < -0.3 is 14.8 Å². The number of rotatable bonds is 6. The van der Waals surface area contributed by atoms with Gasteiger partial charge in [-0.2, -0.15) is 4.72 Å². The van der Waals surface area contributed by atoms with Crippen molar-refractivity contribution in [3.8, 4) is 23.8 Å². The van der Waals surface area contributed by atoms with Crippen LogP contribution in [0, 0.1) is 12.3 Å². The Kier molecular flexibility index (Phi) is 5.64. The summed E-state index contributed by atoms with van der Waals surface area (Å²) in [5.41, 5.74) is 1.14. The summed E-state index contributed by atoms with van der Waals surface area (Å²) in [5, 5.41) is 2.79. The molecule has 0 fully saturated rings. The van der Waals surface area contributed by atoms with Gasteiger partial charge in [-0.05, 0) is 30.3 Å². The molecule has 0 radical (unpaired) electrons. The van der Waals surface area contributed by atoms with Crippen LogP contribution in [-0.2, 0) is 16.6 Å². The number of nitrogens with one attached hydrogen (secondary N) is 2. The van der Waals surface area contributed by atoms with E-state index < -0.39 is 10.0 Å². The molecule has 1 aliphatic heterocycles. The van der Waals surface area contributed by atoms with Gasteiger partial charge in [-0.15, -0.1) is 6.42 Å². The molecule has 140 valence electrons. The maximum absolute atomic E-state index is 12.3. The zero-order valence-corrected chi connectivity index (χ0v) is 15.2. The quantitative estimate of drug-likeness (QED) is 0.730. The standard InChI is InChI=1S/C19H18N2O5S/c1-2-10-21-27(23,24)16-8-6-14(7-9-16)19(22)20-13-15-4-3-5-17-18(15)26-12-11-25-17/h1,3-9,21H,10-13H2,(H,20,22). The normalized spacial score (nSPS) is 12.9. The molecule has 7 nitrogen and oxygen atoms in total. The number of hydrogen-bond donors (Lipinski definition) is 2. The van der Waals surface area contributed by atoms with Crippen molar-refractivity contribution in [1.29, 1.82) is 0 Å². The fourth-order valence-electron chi connectivity index (χ4n) is 2.56. The van der Waals surface area contributed by atoms with Crippen LogP contribution in [0.1, 0.15) is 15.9 Å². The number of amides is 1. The lowest BCUT2D eigenvalue weighted by molar-refractivity contribution is 0.0949. The minimum absolute atomic E-state index is 0.0389. The second-order valence-electron chi connectivity index (χ2n) is 5.68. The van der Waals surface area contributed by atoms with Crippen LogP contribution in [0.4, 0.5) is 0 Å². The molecule has 0 spiro atoms. The predicted molar refractivity (Wildman–Crippen MR) is 99.1 cm³/mol. The smallest absolute Gasteiger partial charge is 0.251 e. The molecule has 2 aromatic carbocycles. The molecular formula is C19H18N2O5S. The Morgan fingerprint density at radius 2 is 1.85 bits per heavy atom. The largest absolute Gasteiger partial charge is 0.486 e. The summed E-state index contributed by atoms with van der Waals surface area (Å²) >= 11 is 0. The van der Waals surface area contributed by atoms with Gasteiger partial charge in [0.2, 0.25) is 10.0 Å². The van der Waals surface area contributed by atoms with Crippen LogP contribution in [0.2, 0.25) is 0 Å². The summed E-state index contributed by atoms with van der Waals surface area (Å²) in [6.45, 7) is 1.11. The number of carbonyl (C=O) groups excluding carboxylic acids is 1. The highest BCUT2D eigenvalue weighted by atomic mass is 32.2. The van der Waals surface area contributed by atoms with E-state index in [-0.39, 0.29) is 23.9 Å². The second kappa shape index (κ2) is 8.12. The van der Waals surface area contributed by atoms with Crippen LogP contribution in [0.5, 0.6) is 11.5 Å². The molecule has 0 saturated heterocycles. The van der Waals surface area contributed by atoms with E-state index in [9.17, 15) is 13.2 Å². The number of terminal acetylenes is 1. The average molecular weight is 386 g/mol. The molecule has 0 bridgehead atoms. The number of para-hydroxylation sites is 1. The van der Waals surface area contributed by atoms with Gasteiger partial charge >= 0.3 is 0 Å². The third-order valence-electron chi connectivity index (χ3n) is 3.88. The van der Waals surface area contributed by atoms with E-state index in [1.807, 2.05) is 18.2 Å². The highest BCUT2D eigenvalue weighted by Gasteiger charge is 2.17. The Bertz CT molecular complexity index is 978. The van der Waals surface area contributed by atoms with Crippen LogP contribution in [0.25, 0.3) is 0 Å². The van der Waals surface area contributed by atoms with E-state index in [2.05, 4.69) is 16.0 Å². The molecule has 0 saturated carbocycles. The molecule has 1 heterocycles. The number of ether oxygens (including phenoxy) is 2. The van der Waals surface area contributed by atoms with Crippen LogP contribution in [-0.4, -0.2) is 34.1 Å². The first-order valence-electron chi connectivity index (χ1n) is 8.20. The zero-order valence-electron chi connectivity index (χ0n) is 14.4. The van der Waals surface area contributed by atoms with Crippen molar-refractivity contribution in [2.24, 2.45) is 0 Å². The van der Waals surface area contributed by atoms with E-state index >= 15 is 0 Å². The first kappa shape index (κ1) is 18.8. The first-order valence-corrected chi connectivity index (χ1v) is 9.68. The maximum Gasteiger partial charge on any atom is 0.251 e. The third kappa shape index (κ3) is 4.39. The van der Waals surface area contributed by atoms with E-state index in [1.54, 1.807) is 0 Å². The lowest BCUT2D eigenvalue weighted by Crippen LogP contribution is -2.25. The lowest BCUT2D eigenvalue weighted by Gasteiger charge is -2.21. The van der Waals surface area contributed by atoms with Crippen molar-refractivity contribution >= 4 is 15.9 Å². The van der Waals surface area contributed by atoms with E-state index in [1.165, 1.54) is 24.3 Å². The topological polar surface area (TPSA) is 93.7 Å². The molecule has 0 aromatic heterocycles. The maximum atomic E-state index is 12.3. The van der Waals surface area contributed by atoms with Crippen molar-refractivity contribution in [1.82, 2.24) is 10.0 Å². The Morgan fingerprint density at radius 1 is 1.11 bits per heavy atom. The number of fused-ring (bicyclic) bond motifs is 1. The molecule has 8 heteroatoms. The van der Waals surface area contributed by atoms with E-state index in [4.69, 9.17) is 15.9 Å². The van der Waals surface area contributed by atoms with Crippen molar-refractivity contribution in [3.05, 3.63) is 53.6 Å². The summed E-state index contributed by atoms with van der Waals surface area (Å²) in [5.74, 6) is 3.16. The Hall–Kier alpha value is -3.02. The van der Waals surface area contributed by atoms with Crippen molar-refractivity contribution in [2.45, 2.75) is 11.4 Å². The van der Waals surface area contributed by atoms with Crippen molar-refractivity contribution in [3.63, 3.8) is 0 Å². The van der Waals surface area contributed by atoms with Gasteiger partial charge in [-0.25, -0.2) is 8.42 Å². The minimum Gasteiger partial charge on any atom is -0.486 e. The minimum atomic E-state index is -3.69. The third-order valence-corrected chi connectivity index (χ3v) is 5.30. The van der Waals surface area contributed by atoms with E-state index in [0.29, 0.717) is 30.3 Å². The molecule has 2 aromatic rings. The Labute approximate surface area is 157 Å². The Morgan fingerprint density at radius 3 is 2.59 bits per heavy atom. The zero-order chi connectivity index (χ0) is 19.3. The molecule has 1 amide bonds.